The molecule has 0 aromatic carbocycles. The molecule has 2 aliphatic heterocycles. The van der Waals surface area contributed by atoms with Crippen molar-refractivity contribution in [3.63, 3.8) is 0 Å². The Hall–Kier alpha value is -1.50. The predicted octanol–water partition coefficient (Wildman–Crippen LogP) is 1.21. The first-order valence-electron chi connectivity index (χ1n) is 8.90. The molecular weight excluding hydrogens is 306 g/mol. The summed E-state index contributed by atoms with van der Waals surface area (Å²) in [5.41, 5.74) is -0.213. The molecule has 2 fully saturated rings. The Kier molecular flexibility index (Phi) is 5.63. The van der Waals surface area contributed by atoms with Crippen LogP contribution < -0.4 is 0 Å². The van der Waals surface area contributed by atoms with Gasteiger partial charge in [0.05, 0.1) is 5.54 Å². The van der Waals surface area contributed by atoms with Gasteiger partial charge >= 0.3 is 12.1 Å². The van der Waals surface area contributed by atoms with Crippen LogP contribution in [0.3, 0.4) is 0 Å². The molecule has 2 heterocycles. The molecule has 0 saturated carbocycles. The molecule has 0 aromatic rings. The monoisotopic (exact) mass is 339 g/mol. The zero-order chi connectivity index (χ0) is 18.1. The van der Waals surface area contributed by atoms with Gasteiger partial charge in [-0.3, -0.25) is 0 Å². The second-order valence-corrected chi connectivity index (χ2v) is 7.96. The number of urea groups is 2. The molecule has 2 saturated heterocycles. The van der Waals surface area contributed by atoms with Crippen molar-refractivity contribution < 1.29 is 9.59 Å². The van der Waals surface area contributed by atoms with Crippen LogP contribution in [0.5, 0.6) is 0 Å². The molecule has 138 valence electrons. The molecule has 0 radical (unpaired) electrons. The number of carbonyl (C=O) groups excluding carboxylic acids is 2. The van der Waals surface area contributed by atoms with Gasteiger partial charge in [-0.25, -0.2) is 9.59 Å². The number of hydrogen-bond acceptors (Lipinski definition) is 3. The van der Waals surface area contributed by atoms with Crippen LogP contribution in [0.4, 0.5) is 9.59 Å². The van der Waals surface area contributed by atoms with E-state index in [2.05, 4.69) is 39.6 Å². The quantitative estimate of drug-likeness (QED) is 0.700. The highest BCUT2D eigenvalue weighted by Crippen LogP contribution is 2.21. The maximum atomic E-state index is 12.3. The first-order valence-corrected chi connectivity index (χ1v) is 8.90. The van der Waals surface area contributed by atoms with Crippen molar-refractivity contribution in [3.8, 4) is 0 Å². The van der Waals surface area contributed by atoms with Crippen LogP contribution in [0.1, 0.15) is 27.7 Å². The van der Waals surface area contributed by atoms with Gasteiger partial charge in [-0.1, -0.05) is 0 Å². The van der Waals surface area contributed by atoms with Crippen LogP contribution in [0.2, 0.25) is 0 Å². The third kappa shape index (κ3) is 3.94. The van der Waals surface area contributed by atoms with Crippen molar-refractivity contribution in [1.29, 1.82) is 0 Å². The lowest BCUT2D eigenvalue weighted by atomic mass is 10.0. The highest BCUT2D eigenvalue weighted by molar-refractivity contribution is 5.77. The summed E-state index contributed by atoms with van der Waals surface area (Å²) < 4.78 is 0. The maximum Gasteiger partial charge on any atom is 0.320 e. The van der Waals surface area contributed by atoms with Crippen LogP contribution in [-0.2, 0) is 0 Å². The average Bonchev–Trinajstić information content (AvgIpc) is 3.00. The van der Waals surface area contributed by atoms with Gasteiger partial charge in [0, 0.05) is 58.9 Å². The molecular formula is C17H33N5O2. The van der Waals surface area contributed by atoms with E-state index in [-0.39, 0.29) is 23.6 Å². The molecule has 2 rings (SSSR count). The molecule has 24 heavy (non-hydrogen) atoms. The van der Waals surface area contributed by atoms with E-state index in [1.807, 2.05) is 21.7 Å². The second kappa shape index (κ2) is 7.17. The third-order valence-corrected chi connectivity index (χ3v) is 5.11. The summed E-state index contributed by atoms with van der Waals surface area (Å²) >= 11 is 0. The highest BCUT2D eigenvalue weighted by Gasteiger charge is 2.37. The van der Waals surface area contributed by atoms with Crippen molar-refractivity contribution in [2.24, 2.45) is 0 Å². The summed E-state index contributed by atoms with van der Waals surface area (Å²) in [7, 11) is 3.91. The molecule has 0 aliphatic carbocycles. The zero-order valence-corrected chi connectivity index (χ0v) is 16.1. The van der Waals surface area contributed by atoms with Crippen molar-refractivity contribution in [1.82, 2.24) is 24.5 Å². The largest absolute Gasteiger partial charge is 0.326 e. The van der Waals surface area contributed by atoms with E-state index in [9.17, 15) is 9.59 Å². The summed E-state index contributed by atoms with van der Waals surface area (Å²) in [6, 6.07) is 0.516. The van der Waals surface area contributed by atoms with E-state index in [0.29, 0.717) is 0 Å². The molecule has 0 aromatic heterocycles. The molecule has 0 unspecified atom stereocenters. The first kappa shape index (κ1) is 18.8. The Bertz CT molecular complexity index is 480. The molecule has 0 atom stereocenters. The number of rotatable bonds is 7. The smallest absolute Gasteiger partial charge is 0.320 e. The second-order valence-electron chi connectivity index (χ2n) is 7.96. The third-order valence-electron chi connectivity index (χ3n) is 5.11. The maximum absolute atomic E-state index is 12.3. The number of carbonyl (C=O) groups is 2. The van der Waals surface area contributed by atoms with E-state index in [1.54, 1.807) is 4.90 Å². The number of hydrogen-bond donors (Lipinski definition) is 0. The van der Waals surface area contributed by atoms with Gasteiger partial charge in [-0.2, -0.15) is 0 Å². The van der Waals surface area contributed by atoms with Crippen LogP contribution in [0, 0.1) is 0 Å². The molecule has 0 spiro atoms. The topological polar surface area (TPSA) is 50.3 Å². The van der Waals surface area contributed by atoms with Crippen molar-refractivity contribution >= 4 is 12.1 Å². The first-order chi connectivity index (χ1) is 11.1. The molecule has 7 heteroatoms. The molecule has 2 aliphatic rings. The lowest BCUT2D eigenvalue weighted by molar-refractivity contribution is 0.115. The van der Waals surface area contributed by atoms with Crippen LogP contribution in [0.25, 0.3) is 0 Å². The Balaban J connectivity index is 1.82. The molecule has 0 bridgehead atoms. The predicted molar refractivity (Wildman–Crippen MR) is 95.1 cm³/mol. The Morgan fingerprint density at radius 2 is 1.75 bits per heavy atom. The Labute approximate surface area is 146 Å². The normalized spacial score (nSPS) is 19.7. The fourth-order valence-electron chi connectivity index (χ4n) is 3.61. The Morgan fingerprint density at radius 1 is 1.08 bits per heavy atom. The standard InChI is InChI=1S/C17H33N5O2/c1-14(2)21-11-10-20(16(21)24)9-7-18(5)13-17(3,4)22-12-8-19(6)15(22)23/h14H,7-13H2,1-6H3. The van der Waals surface area contributed by atoms with Gasteiger partial charge in [-0.05, 0) is 34.7 Å². The van der Waals surface area contributed by atoms with E-state index in [4.69, 9.17) is 0 Å². The van der Waals surface area contributed by atoms with E-state index in [0.717, 1.165) is 45.8 Å². The zero-order valence-electron chi connectivity index (χ0n) is 16.1. The van der Waals surface area contributed by atoms with E-state index >= 15 is 0 Å². The Morgan fingerprint density at radius 3 is 2.25 bits per heavy atom. The minimum atomic E-state index is -0.213. The van der Waals surface area contributed by atoms with Gasteiger partial charge in [-0.15, -0.1) is 0 Å². The molecule has 0 N–H and O–H groups in total. The minimum Gasteiger partial charge on any atom is -0.326 e. The van der Waals surface area contributed by atoms with Gasteiger partial charge in [0.15, 0.2) is 0 Å². The van der Waals surface area contributed by atoms with Crippen LogP contribution >= 0.6 is 0 Å². The minimum absolute atomic E-state index is 0.107. The molecule has 4 amide bonds. The van der Waals surface area contributed by atoms with Gasteiger partial charge in [0.2, 0.25) is 0 Å². The summed E-state index contributed by atoms with van der Waals surface area (Å²) in [5.74, 6) is 0. The summed E-state index contributed by atoms with van der Waals surface area (Å²) in [6.45, 7) is 13.9. The lowest BCUT2D eigenvalue weighted by Crippen LogP contribution is -2.53. The van der Waals surface area contributed by atoms with Crippen molar-refractivity contribution in [3.05, 3.63) is 0 Å². The summed E-state index contributed by atoms with van der Waals surface area (Å²) in [4.78, 5) is 34.3. The van der Waals surface area contributed by atoms with Gasteiger partial charge in [0.25, 0.3) is 0 Å². The van der Waals surface area contributed by atoms with E-state index in [1.165, 1.54) is 0 Å². The van der Waals surface area contributed by atoms with Crippen molar-refractivity contribution in [2.45, 2.75) is 39.3 Å². The van der Waals surface area contributed by atoms with Crippen molar-refractivity contribution in [2.75, 3.05) is 59.9 Å². The fourth-order valence-corrected chi connectivity index (χ4v) is 3.61. The van der Waals surface area contributed by atoms with Gasteiger partial charge < -0.3 is 24.5 Å². The SMILES string of the molecule is CC(C)N1CCN(CCN(C)CC(C)(C)N2CCN(C)C2=O)C1=O. The molecule has 7 nitrogen and oxygen atoms in total. The van der Waals surface area contributed by atoms with Crippen LogP contribution in [-0.4, -0.2) is 108 Å². The summed E-state index contributed by atoms with van der Waals surface area (Å²) in [5, 5.41) is 0. The highest BCUT2D eigenvalue weighted by atomic mass is 16.2. The number of nitrogens with zero attached hydrogens (tertiary/aromatic N) is 5. The number of amides is 4. The average molecular weight is 339 g/mol. The van der Waals surface area contributed by atoms with Crippen LogP contribution in [0.15, 0.2) is 0 Å². The number of likely N-dealkylation sites (N-methyl/N-ethyl adjacent to an activating group) is 2. The summed E-state index contributed by atoms with van der Waals surface area (Å²) in [6.07, 6.45) is 0. The van der Waals surface area contributed by atoms with Gasteiger partial charge in [0.1, 0.15) is 0 Å². The lowest BCUT2D eigenvalue weighted by Gasteiger charge is -2.38. The fraction of sp³-hybridized carbons (Fsp3) is 0.882. The van der Waals surface area contributed by atoms with E-state index < -0.39 is 0 Å².